The van der Waals surface area contributed by atoms with Crippen LogP contribution in [0.2, 0.25) is 0 Å². The fraction of sp³-hybridized carbons (Fsp3) is 0.286. The van der Waals surface area contributed by atoms with E-state index in [1.807, 2.05) is 42.8 Å². The number of amides is 1. The Morgan fingerprint density at radius 3 is 2.71 bits per heavy atom. The van der Waals surface area contributed by atoms with E-state index in [2.05, 4.69) is 20.5 Å². The first kappa shape index (κ1) is 23.9. The Morgan fingerprint density at radius 2 is 2.00 bits per heavy atom. The Balaban J connectivity index is 1.33. The molecule has 4 heterocycles. The van der Waals surface area contributed by atoms with E-state index in [1.54, 1.807) is 25.6 Å². The van der Waals surface area contributed by atoms with Crippen LogP contribution in [0.4, 0.5) is 27.5 Å². The number of ether oxygens (including phenoxy) is 1. The van der Waals surface area contributed by atoms with Crippen LogP contribution in [0.25, 0.3) is 5.69 Å². The topological polar surface area (TPSA) is 97.2 Å². The summed E-state index contributed by atoms with van der Waals surface area (Å²) in [6.45, 7) is 4.60. The normalized spacial score (nSPS) is 18.1. The zero-order valence-corrected chi connectivity index (χ0v) is 21.4. The minimum absolute atomic E-state index is 0.0520. The maximum absolute atomic E-state index is 13.5. The lowest BCUT2D eigenvalue weighted by atomic mass is 9.90. The standard InChI is InChI=1S/C28H28FN7O2/c1-4-21-24-26(36-12-11-20(25(36)27(37)33-24)17-5-7-18(29)8-6-17)34-28(32-21)31-19-9-10-22(23(13-19)38-3)35-14-16(2)30-15-35/h5-10,13-15,20,25H,4,11-12H2,1-3H3,(H,33,37)(H,31,32,34)/t20-,25-/m1/s1. The van der Waals surface area contributed by atoms with Gasteiger partial charge in [0.25, 0.3) is 0 Å². The summed E-state index contributed by atoms with van der Waals surface area (Å²) in [4.78, 5) is 29.2. The van der Waals surface area contributed by atoms with Crippen molar-refractivity contribution in [1.82, 2.24) is 19.5 Å². The molecule has 9 nitrogen and oxygen atoms in total. The zero-order valence-electron chi connectivity index (χ0n) is 21.4. The van der Waals surface area contributed by atoms with Crippen LogP contribution in [0.5, 0.6) is 5.75 Å². The molecule has 38 heavy (non-hydrogen) atoms. The second-order valence-corrected chi connectivity index (χ2v) is 9.55. The van der Waals surface area contributed by atoms with Gasteiger partial charge in [-0.1, -0.05) is 19.1 Å². The first-order valence-electron chi connectivity index (χ1n) is 12.6. The van der Waals surface area contributed by atoms with Crippen molar-refractivity contribution >= 4 is 29.0 Å². The molecule has 2 aromatic carbocycles. The molecule has 2 aliphatic heterocycles. The van der Waals surface area contributed by atoms with Crippen LogP contribution in [0.3, 0.4) is 0 Å². The highest BCUT2D eigenvalue weighted by Crippen LogP contribution is 2.43. The number of anilines is 4. The number of halogens is 1. The number of benzene rings is 2. The van der Waals surface area contributed by atoms with Gasteiger partial charge in [-0.25, -0.2) is 14.4 Å². The predicted octanol–water partition coefficient (Wildman–Crippen LogP) is 4.74. The van der Waals surface area contributed by atoms with Crippen LogP contribution < -0.4 is 20.3 Å². The van der Waals surface area contributed by atoms with Crippen LogP contribution in [0.15, 0.2) is 55.0 Å². The highest BCUT2D eigenvalue weighted by Gasteiger charge is 2.45. The summed E-state index contributed by atoms with van der Waals surface area (Å²) in [5, 5.41) is 6.38. The number of hydrogen-bond donors (Lipinski definition) is 2. The molecule has 2 aliphatic rings. The highest BCUT2D eigenvalue weighted by atomic mass is 19.1. The van der Waals surface area contributed by atoms with Gasteiger partial charge in [0.05, 0.1) is 30.5 Å². The molecule has 0 aliphatic carbocycles. The van der Waals surface area contributed by atoms with Gasteiger partial charge in [-0.05, 0) is 49.6 Å². The lowest BCUT2D eigenvalue weighted by molar-refractivity contribution is -0.117. The van der Waals surface area contributed by atoms with Crippen molar-refractivity contribution in [3.8, 4) is 11.4 Å². The zero-order chi connectivity index (χ0) is 26.4. The molecule has 194 valence electrons. The maximum Gasteiger partial charge on any atom is 0.247 e. The second-order valence-electron chi connectivity index (χ2n) is 9.55. The highest BCUT2D eigenvalue weighted by molar-refractivity contribution is 6.04. The van der Waals surface area contributed by atoms with Crippen LogP contribution in [0.1, 0.15) is 36.2 Å². The number of nitrogens with zero attached hydrogens (tertiary/aromatic N) is 5. The summed E-state index contributed by atoms with van der Waals surface area (Å²) >= 11 is 0. The molecule has 1 saturated heterocycles. The molecule has 2 N–H and O–H groups in total. The lowest BCUT2D eigenvalue weighted by Crippen LogP contribution is -2.47. The number of aryl methyl sites for hydroxylation is 2. The molecule has 0 spiro atoms. The maximum atomic E-state index is 13.5. The first-order chi connectivity index (χ1) is 18.4. The average Bonchev–Trinajstić information content (AvgIpc) is 3.56. The fourth-order valence-electron chi connectivity index (χ4n) is 5.40. The van der Waals surface area contributed by atoms with Crippen LogP contribution in [-0.4, -0.2) is 45.1 Å². The van der Waals surface area contributed by atoms with E-state index < -0.39 is 6.04 Å². The smallest absolute Gasteiger partial charge is 0.247 e. The molecule has 2 atom stereocenters. The summed E-state index contributed by atoms with van der Waals surface area (Å²) in [5.41, 5.74) is 4.91. The van der Waals surface area contributed by atoms with E-state index in [4.69, 9.17) is 14.7 Å². The molecule has 4 aromatic rings. The van der Waals surface area contributed by atoms with Crippen molar-refractivity contribution in [1.29, 1.82) is 0 Å². The van der Waals surface area contributed by atoms with Gasteiger partial charge in [0, 0.05) is 30.4 Å². The Labute approximate surface area is 219 Å². The van der Waals surface area contributed by atoms with Gasteiger partial charge in [0.2, 0.25) is 11.9 Å². The summed E-state index contributed by atoms with van der Waals surface area (Å²) in [6, 6.07) is 11.8. The van der Waals surface area contributed by atoms with Gasteiger partial charge >= 0.3 is 0 Å². The van der Waals surface area contributed by atoms with Crippen molar-refractivity contribution < 1.29 is 13.9 Å². The van der Waals surface area contributed by atoms with Crippen molar-refractivity contribution in [2.24, 2.45) is 0 Å². The molecule has 0 unspecified atom stereocenters. The second kappa shape index (κ2) is 9.44. The third kappa shape index (κ3) is 4.11. The number of carbonyl (C=O) groups excluding carboxylic acids is 1. The van der Waals surface area contributed by atoms with E-state index >= 15 is 0 Å². The van der Waals surface area contributed by atoms with Crippen LogP contribution in [-0.2, 0) is 11.2 Å². The molecule has 1 amide bonds. The van der Waals surface area contributed by atoms with Crippen molar-refractivity contribution in [3.63, 3.8) is 0 Å². The van der Waals surface area contributed by atoms with E-state index in [-0.39, 0.29) is 17.6 Å². The Morgan fingerprint density at radius 1 is 1.18 bits per heavy atom. The van der Waals surface area contributed by atoms with Crippen LogP contribution >= 0.6 is 0 Å². The SMILES string of the molecule is CCc1nc(Nc2ccc(-n3cnc(C)c3)c(OC)c2)nc2c1NC(=O)[C@H]1[C@@H](c3ccc(F)cc3)CCN21. The van der Waals surface area contributed by atoms with Crippen LogP contribution in [0, 0.1) is 12.7 Å². The summed E-state index contributed by atoms with van der Waals surface area (Å²) in [7, 11) is 1.63. The Hall–Kier alpha value is -4.47. The van der Waals surface area contributed by atoms with E-state index in [0.717, 1.165) is 34.7 Å². The molecule has 10 heteroatoms. The third-order valence-corrected chi connectivity index (χ3v) is 7.21. The molecule has 2 aromatic heterocycles. The Bertz CT molecular complexity index is 1520. The predicted molar refractivity (Wildman–Crippen MR) is 143 cm³/mol. The number of aromatic nitrogens is 4. The van der Waals surface area contributed by atoms with Gasteiger partial charge in [-0.2, -0.15) is 4.98 Å². The molecule has 0 saturated carbocycles. The molecule has 6 rings (SSSR count). The van der Waals surface area contributed by atoms with Gasteiger partial charge < -0.3 is 24.8 Å². The number of carbonyl (C=O) groups is 1. The number of methoxy groups -OCH3 is 1. The number of fused-ring (bicyclic) bond motifs is 3. The molecule has 1 fully saturated rings. The molecule has 0 radical (unpaired) electrons. The number of imidazole rings is 1. The molecular weight excluding hydrogens is 485 g/mol. The minimum Gasteiger partial charge on any atom is -0.494 e. The van der Waals surface area contributed by atoms with Crippen molar-refractivity contribution in [2.45, 2.75) is 38.6 Å². The molecule has 0 bridgehead atoms. The Kier molecular flexibility index (Phi) is 5.94. The van der Waals surface area contributed by atoms with Crippen molar-refractivity contribution in [3.05, 3.63) is 77.8 Å². The summed E-state index contributed by atoms with van der Waals surface area (Å²) in [5.74, 6) is 1.39. The van der Waals surface area contributed by atoms with E-state index in [1.165, 1.54) is 12.1 Å². The quantitative estimate of drug-likeness (QED) is 0.384. The van der Waals surface area contributed by atoms with Gasteiger partial charge in [-0.15, -0.1) is 0 Å². The molecular formula is C28H28FN7O2. The number of rotatable bonds is 6. The van der Waals surface area contributed by atoms with E-state index in [9.17, 15) is 9.18 Å². The summed E-state index contributed by atoms with van der Waals surface area (Å²) in [6.07, 6.45) is 5.08. The van der Waals surface area contributed by atoms with Gasteiger partial charge in [0.1, 0.15) is 23.3 Å². The summed E-state index contributed by atoms with van der Waals surface area (Å²) < 4.78 is 21.1. The van der Waals surface area contributed by atoms with Gasteiger partial charge in [-0.3, -0.25) is 4.79 Å². The lowest BCUT2D eigenvalue weighted by Gasteiger charge is -2.35. The first-order valence-corrected chi connectivity index (χ1v) is 12.6. The number of nitrogens with one attached hydrogen (secondary N) is 2. The largest absolute Gasteiger partial charge is 0.494 e. The number of hydrogen-bond acceptors (Lipinski definition) is 7. The monoisotopic (exact) mass is 513 g/mol. The minimum atomic E-state index is -0.418. The van der Waals surface area contributed by atoms with E-state index in [0.29, 0.717) is 36.2 Å². The van der Waals surface area contributed by atoms with Crippen molar-refractivity contribution in [2.75, 3.05) is 29.2 Å². The average molecular weight is 514 g/mol. The third-order valence-electron chi connectivity index (χ3n) is 7.21. The van der Waals surface area contributed by atoms with Gasteiger partial charge in [0.15, 0.2) is 5.82 Å². The fourth-order valence-corrected chi connectivity index (χ4v) is 5.40.